The van der Waals surface area contributed by atoms with Gasteiger partial charge in [-0.2, -0.15) is 0 Å². The van der Waals surface area contributed by atoms with Gasteiger partial charge in [-0.1, -0.05) is 54.1 Å². The van der Waals surface area contributed by atoms with E-state index in [0.29, 0.717) is 5.69 Å². The van der Waals surface area contributed by atoms with Crippen molar-refractivity contribution in [2.24, 2.45) is 0 Å². The summed E-state index contributed by atoms with van der Waals surface area (Å²) in [4.78, 5) is 27.7. The molecule has 0 unspecified atom stereocenters. The number of nitrogens with zero attached hydrogens (tertiary/aromatic N) is 2. The largest absolute Gasteiger partial charge is 0.357 e. The zero-order chi connectivity index (χ0) is 26.5. The Balaban J connectivity index is 2.04. The maximum Gasteiger partial charge on any atom is 0.264 e. The average Bonchev–Trinajstić information content (AvgIpc) is 2.88. The van der Waals surface area contributed by atoms with E-state index in [1.807, 2.05) is 51.1 Å². The van der Waals surface area contributed by atoms with Crippen LogP contribution in [0.15, 0.2) is 77.7 Å². The minimum Gasteiger partial charge on any atom is -0.357 e. The molecule has 3 aromatic carbocycles. The number of rotatable bonds is 9. The molecule has 3 aromatic rings. The van der Waals surface area contributed by atoms with Gasteiger partial charge >= 0.3 is 0 Å². The van der Waals surface area contributed by atoms with Crippen molar-refractivity contribution in [1.29, 1.82) is 0 Å². The van der Waals surface area contributed by atoms with Crippen molar-refractivity contribution in [2.45, 2.75) is 45.2 Å². The summed E-state index contributed by atoms with van der Waals surface area (Å²) in [6.07, 6.45) is 0. The van der Waals surface area contributed by atoms with E-state index in [1.54, 1.807) is 37.3 Å². The highest BCUT2D eigenvalue weighted by molar-refractivity contribution is 7.92. The summed E-state index contributed by atoms with van der Waals surface area (Å²) in [5.74, 6) is -0.816. The number of hydrogen-bond donors (Lipinski definition) is 1. The summed E-state index contributed by atoms with van der Waals surface area (Å²) in [6, 6.07) is 20.2. The van der Waals surface area contributed by atoms with Crippen LogP contribution in [0.3, 0.4) is 0 Å². The van der Waals surface area contributed by atoms with Crippen LogP contribution in [0.1, 0.15) is 29.2 Å². The SMILES string of the molecule is CNC(=O)[C@H](C)N(Cc1ccc(C)cc1)C(=O)CN(c1ccc(C)c(C)c1)S(=O)(=O)c1ccccc1. The summed E-state index contributed by atoms with van der Waals surface area (Å²) in [7, 11) is -2.55. The second-order valence-corrected chi connectivity index (χ2v) is 10.8. The van der Waals surface area contributed by atoms with E-state index in [-0.39, 0.29) is 17.3 Å². The zero-order valence-electron chi connectivity index (χ0n) is 21.4. The first-order chi connectivity index (χ1) is 17.0. The van der Waals surface area contributed by atoms with Crippen LogP contribution in [0, 0.1) is 20.8 Å². The maximum atomic E-state index is 13.7. The highest BCUT2D eigenvalue weighted by atomic mass is 32.2. The number of hydrogen-bond acceptors (Lipinski definition) is 4. The van der Waals surface area contributed by atoms with Gasteiger partial charge in [0.05, 0.1) is 10.6 Å². The predicted molar refractivity (Wildman–Crippen MR) is 142 cm³/mol. The number of likely N-dealkylation sites (N-methyl/N-ethyl adjacent to an activating group) is 1. The molecule has 1 atom stereocenters. The predicted octanol–water partition coefficient (Wildman–Crippen LogP) is 3.97. The van der Waals surface area contributed by atoms with Crippen molar-refractivity contribution in [3.05, 3.63) is 95.1 Å². The Morgan fingerprint density at radius 2 is 1.53 bits per heavy atom. The smallest absolute Gasteiger partial charge is 0.264 e. The fraction of sp³-hybridized carbons (Fsp3) is 0.286. The van der Waals surface area contributed by atoms with Gasteiger partial charge in [0.2, 0.25) is 11.8 Å². The molecule has 0 aliphatic carbocycles. The van der Waals surface area contributed by atoms with Crippen molar-refractivity contribution in [3.63, 3.8) is 0 Å². The number of aryl methyl sites for hydroxylation is 3. The van der Waals surface area contributed by atoms with Crippen LogP contribution in [0.4, 0.5) is 5.69 Å². The molecule has 36 heavy (non-hydrogen) atoms. The molecule has 1 N–H and O–H groups in total. The molecule has 0 fully saturated rings. The van der Waals surface area contributed by atoms with Crippen LogP contribution in [0.2, 0.25) is 0 Å². The Bertz CT molecular complexity index is 1320. The van der Waals surface area contributed by atoms with E-state index < -0.39 is 28.5 Å². The molecule has 0 heterocycles. The third-order valence-electron chi connectivity index (χ3n) is 6.28. The molecule has 2 amide bonds. The number of anilines is 1. The number of amides is 2. The van der Waals surface area contributed by atoms with Crippen LogP contribution in [0.5, 0.6) is 0 Å². The van der Waals surface area contributed by atoms with Crippen LogP contribution in [0.25, 0.3) is 0 Å². The second kappa shape index (κ2) is 11.4. The summed E-state index contributed by atoms with van der Waals surface area (Å²) in [6.45, 7) is 7.15. The normalized spacial score (nSPS) is 12.0. The number of nitrogens with one attached hydrogen (secondary N) is 1. The lowest BCUT2D eigenvalue weighted by Gasteiger charge is -2.32. The van der Waals surface area contributed by atoms with Crippen molar-refractivity contribution in [2.75, 3.05) is 17.9 Å². The lowest BCUT2D eigenvalue weighted by atomic mass is 10.1. The van der Waals surface area contributed by atoms with Gasteiger partial charge in [0, 0.05) is 13.6 Å². The van der Waals surface area contributed by atoms with Crippen molar-refractivity contribution in [3.8, 4) is 0 Å². The lowest BCUT2D eigenvalue weighted by Crippen LogP contribution is -2.50. The van der Waals surface area contributed by atoms with Crippen LogP contribution < -0.4 is 9.62 Å². The standard InChI is InChI=1S/C28H33N3O4S/c1-20-11-14-24(15-12-20)18-30(23(4)28(33)29-5)27(32)19-31(25-16-13-21(2)22(3)17-25)36(34,35)26-9-7-6-8-10-26/h6-17,23H,18-19H2,1-5H3,(H,29,33)/t23-/m0/s1. The summed E-state index contributed by atoms with van der Waals surface area (Å²) in [5.41, 5.74) is 4.22. The number of carbonyl (C=O) groups excluding carboxylic acids is 2. The van der Waals surface area contributed by atoms with Gasteiger partial charge in [-0.3, -0.25) is 13.9 Å². The molecule has 0 saturated carbocycles. The van der Waals surface area contributed by atoms with Crippen molar-refractivity contribution >= 4 is 27.5 Å². The Labute approximate surface area is 213 Å². The van der Waals surface area contributed by atoms with Gasteiger partial charge < -0.3 is 10.2 Å². The fourth-order valence-corrected chi connectivity index (χ4v) is 5.24. The number of carbonyl (C=O) groups is 2. The van der Waals surface area contributed by atoms with E-state index in [0.717, 1.165) is 26.6 Å². The number of benzene rings is 3. The Morgan fingerprint density at radius 3 is 2.11 bits per heavy atom. The molecule has 0 aliphatic heterocycles. The van der Waals surface area contributed by atoms with E-state index in [4.69, 9.17) is 0 Å². The molecule has 0 spiro atoms. The third kappa shape index (κ3) is 6.12. The molecule has 0 bridgehead atoms. The molecule has 0 aliphatic rings. The highest BCUT2D eigenvalue weighted by Crippen LogP contribution is 2.26. The maximum absolute atomic E-state index is 13.7. The third-order valence-corrected chi connectivity index (χ3v) is 8.06. The molecule has 3 rings (SSSR count). The first-order valence-corrected chi connectivity index (χ1v) is 13.2. The molecular weight excluding hydrogens is 474 g/mol. The molecule has 8 heteroatoms. The van der Waals surface area contributed by atoms with Gasteiger partial charge in [-0.25, -0.2) is 8.42 Å². The Morgan fingerprint density at radius 1 is 0.889 bits per heavy atom. The minimum atomic E-state index is -4.06. The Kier molecular flexibility index (Phi) is 8.53. The summed E-state index contributed by atoms with van der Waals surface area (Å²) >= 11 is 0. The highest BCUT2D eigenvalue weighted by Gasteiger charge is 2.32. The lowest BCUT2D eigenvalue weighted by molar-refractivity contribution is -0.139. The molecular formula is C28H33N3O4S. The first-order valence-electron chi connectivity index (χ1n) is 11.8. The second-order valence-electron chi connectivity index (χ2n) is 8.89. The topological polar surface area (TPSA) is 86.8 Å². The van der Waals surface area contributed by atoms with Gasteiger partial charge in [0.25, 0.3) is 10.0 Å². The van der Waals surface area contributed by atoms with Gasteiger partial charge in [-0.15, -0.1) is 0 Å². The molecule has 0 aromatic heterocycles. The summed E-state index contributed by atoms with van der Waals surface area (Å²) in [5, 5.41) is 2.59. The monoisotopic (exact) mass is 507 g/mol. The van der Waals surface area contributed by atoms with E-state index >= 15 is 0 Å². The zero-order valence-corrected chi connectivity index (χ0v) is 22.2. The average molecular weight is 508 g/mol. The first kappa shape index (κ1) is 26.9. The molecule has 190 valence electrons. The van der Waals surface area contributed by atoms with Crippen LogP contribution >= 0.6 is 0 Å². The van der Waals surface area contributed by atoms with Crippen LogP contribution in [-0.2, 0) is 26.2 Å². The van der Waals surface area contributed by atoms with Gasteiger partial charge in [-0.05, 0) is 68.7 Å². The van der Waals surface area contributed by atoms with Gasteiger partial charge in [0.1, 0.15) is 12.6 Å². The van der Waals surface area contributed by atoms with E-state index in [9.17, 15) is 18.0 Å². The van der Waals surface area contributed by atoms with Crippen molar-refractivity contribution < 1.29 is 18.0 Å². The van der Waals surface area contributed by atoms with Crippen molar-refractivity contribution in [1.82, 2.24) is 10.2 Å². The molecule has 7 nitrogen and oxygen atoms in total. The molecule has 0 saturated heterocycles. The fourth-order valence-electron chi connectivity index (χ4n) is 3.81. The Hall–Kier alpha value is -3.65. The minimum absolute atomic E-state index is 0.0838. The summed E-state index contributed by atoms with van der Waals surface area (Å²) < 4.78 is 28.6. The number of sulfonamides is 1. The van der Waals surface area contributed by atoms with E-state index in [2.05, 4.69) is 5.32 Å². The molecule has 0 radical (unpaired) electrons. The quantitative estimate of drug-likeness (QED) is 0.475. The van der Waals surface area contributed by atoms with Crippen LogP contribution in [-0.4, -0.2) is 44.8 Å². The van der Waals surface area contributed by atoms with Gasteiger partial charge in [0.15, 0.2) is 0 Å². The van der Waals surface area contributed by atoms with E-state index in [1.165, 1.54) is 24.1 Å².